The Morgan fingerprint density at radius 1 is 1.25 bits per heavy atom. The number of carbonyl (C=O) groups is 1. The average molecular weight is 354 g/mol. The van der Waals surface area contributed by atoms with Gasteiger partial charge in [0, 0.05) is 14.9 Å². The van der Waals surface area contributed by atoms with Crippen molar-refractivity contribution >= 4 is 34.5 Å². The van der Waals surface area contributed by atoms with Gasteiger partial charge in [0.25, 0.3) is 5.91 Å². The molecule has 1 amide bonds. The third-order valence-corrected chi connectivity index (χ3v) is 3.80. The van der Waals surface area contributed by atoms with E-state index < -0.39 is 5.82 Å². The van der Waals surface area contributed by atoms with E-state index in [2.05, 4.69) is 33.9 Å². The normalized spacial score (nSPS) is 12.0. The molecule has 0 aliphatic rings. The highest BCUT2D eigenvalue weighted by molar-refractivity contribution is 9.10. The van der Waals surface area contributed by atoms with Gasteiger partial charge in [0.1, 0.15) is 5.82 Å². The predicted molar refractivity (Wildman–Crippen MR) is 83.7 cm³/mol. The fourth-order valence-electron chi connectivity index (χ4n) is 1.77. The van der Waals surface area contributed by atoms with Crippen molar-refractivity contribution in [2.45, 2.75) is 17.9 Å². The maximum atomic E-state index is 13.1. The van der Waals surface area contributed by atoms with Crippen LogP contribution in [0, 0.1) is 5.82 Å². The Hall–Kier alpha value is -1.33. The molecular formula is C15H13BrFNOS. The molecule has 0 saturated heterocycles. The number of carbonyl (C=O) groups excluding carboxylic acids is 1. The highest BCUT2D eigenvalue weighted by Crippen LogP contribution is 2.18. The molecule has 0 saturated carbocycles. The van der Waals surface area contributed by atoms with E-state index in [1.807, 2.05) is 31.2 Å². The lowest BCUT2D eigenvalue weighted by molar-refractivity contribution is 0.0939. The summed E-state index contributed by atoms with van der Waals surface area (Å²) < 4.78 is 14.1. The highest BCUT2D eigenvalue weighted by Gasteiger charge is 2.12. The number of nitrogens with one attached hydrogen (secondary N) is 1. The van der Waals surface area contributed by atoms with E-state index in [0.717, 1.165) is 10.0 Å². The smallest absolute Gasteiger partial charge is 0.251 e. The molecule has 104 valence electrons. The Balaban J connectivity index is 2.10. The minimum atomic E-state index is -0.439. The monoisotopic (exact) mass is 353 g/mol. The number of rotatable bonds is 3. The first-order valence-corrected chi connectivity index (χ1v) is 7.26. The van der Waals surface area contributed by atoms with Crippen molar-refractivity contribution < 1.29 is 9.18 Å². The van der Waals surface area contributed by atoms with Crippen LogP contribution in [0.25, 0.3) is 0 Å². The minimum absolute atomic E-state index is 0.135. The molecule has 0 aliphatic heterocycles. The second-order valence-electron chi connectivity index (χ2n) is 4.41. The Morgan fingerprint density at radius 2 is 1.90 bits per heavy atom. The fraction of sp³-hybridized carbons (Fsp3) is 0.133. The van der Waals surface area contributed by atoms with E-state index in [-0.39, 0.29) is 16.8 Å². The van der Waals surface area contributed by atoms with Gasteiger partial charge in [0.15, 0.2) is 0 Å². The van der Waals surface area contributed by atoms with Crippen LogP contribution in [0.3, 0.4) is 0 Å². The van der Waals surface area contributed by atoms with Gasteiger partial charge in [-0.05, 0) is 42.8 Å². The number of hydrogen-bond donors (Lipinski definition) is 2. The van der Waals surface area contributed by atoms with E-state index in [1.54, 1.807) is 0 Å². The molecule has 20 heavy (non-hydrogen) atoms. The molecule has 0 heterocycles. The van der Waals surface area contributed by atoms with Gasteiger partial charge < -0.3 is 5.32 Å². The molecule has 0 fully saturated rings. The van der Waals surface area contributed by atoms with E-state index in [1.165, 1.54) is 18.2 Å². The molecule has 1 unspecified atom stereocenters. The largest absolute Gasteiger partial charge is 0.346 e. The van der Waals surface area contributed by atoms with Crippen LogP contribution in [0.15, 0.2) is 51.8 Å². The van der Waals surface area contributed by atoms with Crippen molar-refractivity contribution in [2.24, 2.45) is 0 Å². The Morgan fingerprint density at radius 3 is 2.50 bits per heavy atom. The molecule has 0 bridgehead atoms. The maximum absolute atomic E-state index is 13.1. The molecule has 0 spiro atoms. The van der Waals surface area contributed by atoms with Gasteiger partial charge >= 0.3 is 0 Å². The second kappa shape index (κ2) is 6.41. The third-order valence-electron chi connectivity index (χ3n) is 2.93. The lowest BCUT2D eigenvalue weighted by Gasteiger charge is -2.14. The maximum Gasteiger partial charge on any atom is 0.251 e. The zero-order valence-electron chi connectivity index (χ0n) is 10.7. The van der Waals surface area contributed by atoms with E-state index >= 15 is 0 Å². The molecule has 2 rings (SSSR count). The summed E-state index contributed by atoms with van der Waals surface area (Å²) in [6, 6.07) is 11.7. The summed E-state index contributed by atoms with van der Waals surface area (Å²) in [4.78, 5) is 12.2. The topological polar surface area (TPSA) is 29.1 Å². The van der Waals surface area contributed by atoms with Crippen LogP contribution in [0.1, 0.15) is 28.9 Å². The van der Waals surface area contributed by atoms with Crippen molar-refractivity contribution in [2.75, 3.05) is 0 Å². The average Bonchev–Trinajstić information content (AvgIpc) is 2.42. The molecule has 0 aliphatic carbocycles. The predicted octanol–water partition coefficient (Wildman–Crippen LogP) is 4.37. The first-order chi connectivity index (χ1) is 9.47. The Labute approximate surface area is 130 Å². The summed E-state index contributed by atoms with van der Waals surface area (Å²) in [6.45, 7) is 1.90. The van der Waals surface area contributed by atoms with Crippen molar-refractivity contribution in [1.82, 2.24) is 5.32 Å². The summed E-state index contributed by atoms with van der Waals surface area (Å²) in [7, 11) is 0. The summed E-state index contributed by atoms with van der Waals surface area (Å²) >= 11 is 7.34. The number of thiol groups is 1. The van der Waals surface area contributed by atoms with Gasteiger partial charge in [-0.1, -0.05) is 28.1 Å². The molecule has 0 radical (unpaired) electrons. The quantitative estimate of drug-likeness (QED) is 0.788. The first-order valence-electron chi connectivity index (χ1n) is 6.02. The van der Waals surface area contributed by atoms with Gasteiger partial charge in [0.05, 0.1) is 6.04 Å². The van der Waals surface area contributed by atoms with Crippen LogP contribution < -0.4 is 5.32 Å². The number of halogens is 2. The van der Waals surface area contributed by atoms with Crippen molar-refractivity contribution in [3.8, 4) is 0 Å². The SMILES string of the molecule is CC(NC(=O)c1ccc(F)c(S)c1)c1ccc(Br)cc1. The summed E-state index contributed by atoms with van der Waals surface area (Å²) in [5.74, 6) is -0.693. The van der Waals surface area contributed by atoms with Crippen LogP contribution in [0.2, 0.25) is 0 Å². The minimum Gasteiger partial charge on any atom is -0.346 e. The number of amides is 1. The molecular weight excluding hydrogens is 341 g/mol. The Kier molecular flexibility index (Phi) is 4.83. The number of hydrogen-bond acceptors (Lipinski definition) is 2. The second-order valence-corrected chi connectivity index (χ2v) is 5.81. The standard InChI is InChI=1S/C15H13BrFNOS/c1-9(10-2-5-12(16)6-3-10)18-15(19)11-4-7-13(17)14(20)8-11/h2-9,20H,1H3,(H,18,19). The van der Waals surface area contributed by atoms with Gasteiger partial charge in [-0.3, -0.25) is 4.79 Å². The van der Waals surface area contributed by atoms with Crippen LogP contribution >= 0.6 is 28.6 Å². The fourth-order valence-corrected chi connectivity index (χ4v) is 2.25. The lowest BCUT2D eigenvalue weighted by Crippen LogP contribution is -2.26. The zero-order valence-corrected chi connectivity index (χ0v) is 13.2. The van der Waals surface area contributed by atoms with Crippen molar-refractivity contribution in [3.63, 3.8) is 0 Å². The molecule has 2 nitrogen and oxygen atoms in total. The molecule has 2 aromatic carbocycles. The van der Waals surface area contributed by atoms with Gasteiger partial charge in [-0.25, -0.2) is 4.39 Å². The third kappa shape index (κ3) is 3.61. The van der Waals surface area contributed by atoms with Gasteiger partial charge in [-0.2, -0.15) is 0 Å². The lowest BCUT2D eigenvalue weighted by atomic mass is 10.1. The van der Waals surface area contributed by atoms with E-state index in [0.29, 0.717) is 5.56 Å². The molecule has 1 atom stereocenters. The first kappa shape index (κ1) is 15.1. The molecule has 5 heteroatoms. The molecule has 2 aromatic rings. The number of benzene rings is 2. The van der Waals surface area contributed by atoms with E-state index in [9.17, 15) is 9.18 Å². The van der Waals surface area contributed by atoms with Gasteiger partial charge in [-0.15, -0.1) is 12.6 Å². The van der Waals surface area contributed by atoms with Crippen molar-refractivity contribution in [3.05, 3.63) is 63.9 Å². The molecule has 0 aromatic heterocycles. The summed E-state index contributed by atoms with van der Waals surface area (Å²) in [5, 5.41) is 2.87. The van der Waals surface area contributed by atoms with Crippen LogP contribution in [-0.4, -0.2) is 5.91 Å². The van der Waals surface area contributed by atoms with Gasteiger partial charge in [0.2, 0.25) is 0 Å². The van der Waals surface area contributed by atoms with Crippen LogP contribution in [0.4, 0.5) is 4.39 Å². The Bertz CT molecular complexity index is 630. The molecule has 1 N–H and O–H groups in total. The van der Waals surface area contributed by atoms with Crippen molar-refractivity contribution in [1.29, 1.82) is 0 Å². The van der Waals surface area contributed by atoms with Crippen LogP contribution in [0.5, 0.6) is 0 Å². The summed E-state index contributed by atoms with van der Waals surface area (Å²) in [5.41, 5.74) is 1.38. The van der Waals surface area contributed by atoms with Crippen LogP contribution in [-0.2, 0) is 0 Å². The highest BCUT2D eigenvalue weighted by atomic mass is 79.9. The zero-order chi connectivity index (χ0) is 14.7. The summed E-state index contributed by atoms with van der Waals surface area (Å²) in [6.07, 6.45) is 0. The van der Waals surface area contributed by atoms with E-state index in [4.69, 9.17) is 0 Å².